The highest BCUT2D eigenvalue weighted by atomic mass is 16.5. The van der Waals surface area contributed by atoms with E-state index in [4.69, 9.17) is 4.74 Å². The van der Waals surface area contributed by atoms with Crippen molar-refractivity contribution in [2.75, 3.05) is 25.5 Å². The molecule has 0 spiro atoms. The number of aryl methyl sites for hydroxylation is 1. The molecule has 1 heterocycles. The van der Waals surface area contributed by atoms with Crippen LogP contribution in [-0.4, -0.2) is 43.1 Å². The van der Waals surface area contributed by atoms with Crippen LogP contribution in [0.15, 0.2) is 53.8 Å². The first kappa shape index (κ1) is 19.2. The summed E-state index contributed by atoms with van der Waals surface area (Å²) in [6.45, 7) is 4.65. The molecule has 1 atom stereocenters. The number of hydrogen-bond donors (Lipinski definition) is 3. The second kappa shape index (κ2) is 10.0. The van der Waals surface area contributed by atoms with E-state index in [-0.39, 0.29) is 18.6 Å². The molecule has 0 saturated heterocycles. The maximum Gasteiger partial charge on any atom is 0.243 e. The third-order valence-electron chi connectivity index (χ3n) is 3.47. The number of benzene rings is 1. The van der Waals surface area contributed by atoms with Crippen LogP contribution in [0.5, 0.6) is 5.75 Å². The lowest BCUT2D eigenvalue weighted by Crippen LogP contribution is -2.44. The number of anilines is 1. The molecule has 0 aliphatic heterocycles. The van der Waals surface area contributed by atoms with Crippen LogP contribution in [0.25, 0.3) is 0 Å². The van der Waals surface area contributed by atoms with Crippen LogP contribution < -0.4 is 20.7 Å². The molecule has 2 rings (SSSR count). The number of pyridine rings is 1. The molecule has 0 saturated carbocycles. The van der Waals surface area contributed by atoms with E-state index in [0.717, 1.165) is 11.3 Å². The van der Waals surface area contributed by atoms with Gasteiger partial charge in [0.2, 0.25) is 5.91 Å². The number of aliphatic imine (C=N–C) groups is 1. The maximum absolute atomic E-state index is 11.9. The van der Waals surface area contributed by atoms with Crippen LogP contribution in [0.1, 0.15) is 12.5 Å². The Kier molecular flexibility index (Phi) is 7.42. The molecule has 3 N–H and O–H groups in total. The molecule has 7 nitrogen and oxygen atoms in total. The zero-order valence-corrected chi connectivity index (χ0v) is 15.3. The van der Waals surface area contributed by atoms with Gasteiger partial charge in [-0.1, -0.05) is 12.1 Å². The predicted octanol–water partition coefficient (Wildman–Crippen LogP) is 1.96. The predicted molar refractivity (Wildman–Crippen MR) is 104 cm³/mol. The Morgan fingerprint density at radius 2 is 2.12 bits per heavy atom. The van der Waals surface area contributed by atoms with Crippen LogP contribution in [0.2, 0.25) is 0 Å². The van der Waals surface area contributed by atoms with Crippen molar-refractivity contribution in [2.45, 2.75) is 20.0 Å². The second-order valence-corrected chi connectivity index (χ2v) is 5.84. The van der Waals surface area contributed by atoms with E-state index in [1.165, 1.54) is 0 Å². The minimum atomic E-state index is -0.176. The normalized spacial score (nSPS) is 12.2. The van der Waals surface area contributed by atoms with Gasteiger partial charge in [-0.2, -0.15) is 0 Å². The fourth-order valence-corrected chi connectivity index (χ4v) is 2.23. The fraction of sp³-hybridized carbons (Fsp3) is 0.316. The lowest BCUT2D eigenvalue weighted by atomic mass is 10.2. The Labute approximate surface area is 153 Å². The largest absolute Gasteiger partial charge is 0.489 e. The Hall–Kier alpha value is -3.09. The van der Waals surface area contributed by atoms with E-state index in [9.17, 15) is 4.79 Å². The van der Waals surface area contributed by atoms with E-state index < -0.39 is 0 Å². The van der Waals surface area contributed by atoms with Crippen molar-refractivity contribution in [1.29, 1.82) is 0 Å². The summed E-state index contributed by atoms with van der Waals surface area (Å²) in [6, 6.07) is 11.5. The summed E-state index contributed by atoms with van der Waals surface area (Å²) in [4.78, 5) is 20.0. The summed E-state index contributed by atoms with van der Waals surface area (Å²) in [7, 11) is 1.65. The van der Waals surface area contributed by atoms with Gasteiger partial charge >= 0.3 is 0 Å². The minimum Gasteiger partial charge on any atom is -0.489 e. The summed E-state index contributed by atoms with van der Waals surface area (Å²) in [5, 5.41) is 8.87. The van der Waals surface area contributed by atoms with Gasteiger partial charge in [0.25, 0.3) is 0 Å². The summed E-state index contributed by atoms with van der Waals surface area (Å²) in [5.41, 5.74) is 1.81. The van der Waals surface area contributed by atoms with Crippen LogP contribution in [0, 0.1) is 6.92 Å². The Balaban J connectivity index is 1.72. The summed E-state index contributed by atoms with van der Waals surface area (Å²) >= 11 is 0. The topological polar surface area (TPSA) is 87.6 Å². The number of hydrogen-bond acceptors (Lipinski definition) is 4. The number of carbonyl (C=O) groups excluding carboxylic acids is 1. The van der Waals surface area contributed by atoms with Crippen molar-refractivity contribution in [2.24, 2.45) is 4.99 Å². The third-order valence-corrected chi connectivity index (χ3v) is 3.47. The summed E-state index contributed by atoms with van der Waals surface area (Å²) in [6.07, 6.45) is 3.19. The van der Waals surface area contributed by atoms with Crippen LogP contribution in [0.4, 0.5) is 5.69 Å². The first-order valence-electron chi connectivity index (χ1n) is 8.44. The number of rotatable bonds is 7. The smallest absolute Gasteiger partial charge is 0.243 e. The SMILES string of the molecule is CN=C(NCC(=O)Nc1cccnc1)NCC(C)Oc1cccc(C)c1. The molecule has 7 heteroatoms. The zero-order chi connectivity index (χ0) is 18.8. The number of carbonyl (C=O) groups is 1. The van der Waals surface area contributed by atoms with Gasteiger partial charge in [0.05, 0.1) is 25.0 Å². The van der Waals surface area contributed by atoms with Gasteiger partial charge in [0, 0.05) is 13.2 Å². The van der Waals surface area contributed by atoms with Gasteiger partial charge in [-0.05, 0) is 43.7 Å². The Bertz CT molecular complexity index is 734. The highest BCUT2D eigenvalue weighted by molar-refractivity contribution is 5.94. The molecule has 1 unspecified atom stereocenters. The standard InChI is InChI=1S/C19H25N5O2/c1-14-6-4-8-17(10-14)26-15(2)11-22-19(20-3)23-13-18(25)24-16-7-5-9-21-12-16/h4-10,12,15H,11,13H2,1-3H3,(H,24,25)(H2,20,22,23). The molecule has 0 radical (unpaired) electrons. The summed E-state index contributed by atoms with van der Waals surface area (Å²) in [5.74, 6) is 1.19. The molecule has 1 aromatic carbocycles. The van der Waals surface area contributed by atoms with Gasteiger partial charge in [-0.25, -0.2) is 0 Å². The average molecular weight is 355 g/mol. The van der Waals surface area contributed by atoms with E-state index in [2.05, 4.69) is 25.9 Å². The van der Waals surface area contributed by atoms with Gasteiger partial charge in [0.1, 0.15) is 11.9 Å². The van der Waals surface area contributed by atoms with E-state index in [1.54, 1.807) is 31.6 Å². The number of aromatic nitrogens is 1. The van der Waals surface area contributed by atoms with Gasteiger partial charge in [0.15, 0.2) is 5.96 Å². The molecule has 2 aromatic rings. The number of guanidine groups is 1. The van der Waals surface area contributed by atoms with Crippen molar-refractivity contribution in [3.8, 4) is 5.75 Å². The highest BCUT2D eigenvalue weighted by Gasteiger charge is 2.08. The molecule has 1 amide bonds. The molecule has 26 heavy (non-hydrogen) atoms. The first-order valence-corrected chi connectivity index (χ1v) is 8.44. The van der Waals surface area contributed by atoms with E-state index in [0.29, 0.717) is 18.2 Å². The number of ether oxygens (including phenoxy) is 1. The molecular weight excluding hydrogens is 330 g/mol. The molecule has 0 aliphatic rings. The maximum atomic E-state index is 11.9. The van der Waals surface area contributed by atoms with Gasteiger partial charge in [-0.15, -0.1) is 0 Å². The zero-order valence-electron chi connectivity index (χ0n) is 15.3. The fourth-order valence-electron chi connectivity index (χ4n) is 2.23. The number of nitrogens with zero attached hydrogens (tertiary/aromatic N) is 2. The molecule has 0 aliphatic carbocycles. The van der Waals surface area contributed by atoms with Crippen molar-refractivity contribution in [3.05, 3.63) is 54.4 Å². The number of nitrogens with one attached hydrogen (secondary N) is 3. The Morgan fingerprint density at radius 3 is 2.81 bits per heavy atom. The van der Waals surface area contributed by atoms with Crippen LogP contribution >= 0.6 is 0 Å². The van der Waals surface area contributed by atoms with Crippen molar-refractivity contribution >= 4 is 17.6 Å². The van der Waals surface area contributed by atoms with E-state index >= 15 is 0 Å². The Morgan fingerprint density at radius 1 is 1.27 bits per heavy atom. The average Bonchev–Trinajstić information content (AvgIpc) is 2.62. The number of amides is 1. The van der Waals surface area contributed by atoms with Crippen molar-refractivity contribution < 1.29 is 9.53 Å². The quantitative estimate of drug-likeness (QED) is 0.522. The first-order chi connectivity index (χ1) is 12.6. The monoisotopic (exact) mass is 355 g/mol. The molecule has 0 fully saturated rings. The molecular formula is C19H25N5O2. The van der Waals surface area contributed by atoms with Crippen molar-refractivity contribution in [1.82, 2.24) is 15.6 Å². The summed E-state index contributed by atoms with van der Waals surface area (Å²) < 4.78 is 5.86. The van der Waals surface area contributed by atoms with Crippen LogP contribution in [0.3, 0.4) is 0 Å². The lowest BCUT2D eigenvalue weighted by molar-refractivity contribution is -0.115. The molecule has 138 valence electrons. The minimum absolute atomic E-state index is 0.0560. The third kappa shape index (κ3) is 6.80. The second-order valence-electron chi connectivity index (χ2n) is 5.84. The molecule has 0 bridgehead atoms. The molecule has 1 aromatic heterocycles. The van der Waals surface area contributed by atoms with Gasteiger partial charge in [-0.3, -0.25) is 14.8 Å². The lowest BCUT2D eigenvalue weighted by Gasteiger charge is -2.18. The van der Waals surface area contributed by atoms with Crippen LogP contribution in [-0.2, 0) is 4.79 Å². The van der Waals surface area contributed by atoms with Gasteiger partial charge < -0.3 is 20.7 Å². The highest BCUT2D eigenvalue weighted by Crippen LogP contribution is 2.13. The van der Waals surface area contributed by atoms with Crippen molar-refractivity contribution in [3.63, 3.8) is 0 Å². The van der Waals surface area contributed by atoms with E-state index in [1.807, 2.05) is 38.1 Å².